The smallest absolute Gasteiger partial charge is 0.257 e. The molecule has 25 heavy (non-hydrogen) atoms. The summed E-state index contributed by atoms with van der Waals surface area (Å²) >= 11 is 1.39. The Hall–Kier alpha value is -3.33. The summed E-state index contributed by atoms with van der Waals surface area (Å²) in [5.41, 5.74) is 2.00. The Balaban J connectivity index is 1.59. The second-order valence-corrected chi connectivity index (χ2v) is 6.14. The molecule has 2 aromatic carbocycles. The van der Waals surface area contributed by atoms with Gasteiger partial charge in [0.05, 0.1) is 23.0 Å². The predicted octanol–water partition coefficient (Wildman–Crippen LogP) is 2.53. The van der Waals surface area contributed by atoms with Crippen LogP contribution < -0.4 is 10.1 Å². The number of benzene rings is 2. The van der Waals surface area contributed by atoms with Gasteiger partial charge in [-0.15, -0.1) is 5.10 Å². The Morgan fingerprint density at radius 3 is 2.96 bits per heavy atom. The Morgan fingerprint density at radius 2 is 2.16 bits per heavy atom. The molecule has 9 heteroatoms. The van der Waals surface area contributed by atoms with Crippen LogP contribution in [0.15, 0.2) is 48.8 Å². The van der Waals surface area contributed by atoms with Gasteiger partial charge >= 0.3 is 0 Å². The van der Waals surface area contributed by atoms with Crippen molar-refractivity contribution in [2.75, 3.05) is 12.4 Å². The van der Waals surface area contributed by atoms with E-state index in [0.717, 1.165) is 16.0 Å². The molecule has 2 heterocycles. The monoisotopic (exact) mass is 352 g/mol. The van der Waals surface area contributed by atoms with Gasteiger partial charge in [-0.3, -0.25) is 10.1 Å². The van der Waals surface area contributed by atoms with Crippen LogP contribution in [0, 0.1) is 0 Å². The van der Waals surface area contributed by atoms with E-state index in [1.807, 2.05) is 24.3 Å². The molecule has 1 amide bonds. The maximum Gasteiger partial charge on any atom is 0.257 e. The van der Waals surface area contributed by atoms with E-state index in [1.54, 1.807) is 25.3 Å². The number of ether oxygens (including phenoxy) is 1. The van der Waals surface area contributed by atoms with Gasteiger partial charge in [-0.2, -0.15) is 0 Å². The third kappa shape index (κ3) is 3.04. The molecule has 0 aliphatic carbocycles. The summed E-state index contributed by atoms with van der Waals surface area (Å²) in [6.45, 7) is 0. The minimum Gasteiger partial charge on any atom is -0.497 e. The van der Waals surface area contributed by atoms with Crippen molar-refractivity contribution in [3.8, 4) is 11.4 Å². The zero-order valence-electron chi connectivity index (χ0n) is 13.1. The van der Waals surface area contributed by atoms with Crippen molar-refractivity contribution in [1.82, 2.24) is 25.2 Å². The summed E-state index contributed by atoms with van der Waals surface area (Å²) in [6, 6.07) is 12.6. The maximum atomic E-state index is 12.5. The van der Waals surface area contributed by atoms with Crippen LogP contribution in [0.4, 0.5) is 5.13 Å². The van der Waals surface area contributed by atoms with Crippen LogP contribution in [-0.2, 0) is 0 Å². The maximum absolute atomic E-state index is 12.5. The first-order chi connectivity index (χ1) is 12.2. The zero-order valence-corrected chi connectivity index (χ0v) is 13.9. The van der Waals surface area contributed by atoms with Gasteiger partial charge in [-0.1, -0.05) is 17.4 Å². The fraction of sp³-hybridized carbons (Fsp3) is 0.0625. The van der Waals surface area contributed by atoms with Crippen molar-refractivity contribution in [3.05, 3.63) is 54.4 Å². The van der Waals surface area contributed by atoms with E-state index < -0.39 is 0 Å². The molecule has 0 spiro atoms. The second-order valence-electron chi connectivity index (χ2n) is 5.11. The number of thiazole rings is 1. The van der Waals surface area contributed by atoms with Gasteiger partial charge in [-0.05, 0) is 46.8 Å². The molecule has 8 nitrogen and oxygen atoms in total. The summed E-state index contributed by atoms with van der Waals surface area (Å²) in [4.78, 5) is 16.9. The Kier molecular flexibility index (Phi) is 3.82. The molecule has 0 unspecified atom stereocenters. The Labute approximate surface area is 146 Å². The number of carbonyl (C=O) groups excluding carboxylic acids is 1. The molecule has 0 saturated carbocycles. The van der Waals surface area contributed by atoms with Crippen molar-refractivity contribution in [1.29, 1.82) is 0 Å². The minimum absolute atomic E-state index is 0.249. The van der Waals surface area contributed by atoms with Crippen LogP contribution in [0.2, 0.25) is 0 Å². The molecule has 2 aromatic heterocycles. The second kappa shape index (κ2) is 6.29. The minimum atomic E-state index is -0.249. The van der Waals surface area contributed by atoms with Gasteiger partial charge in [0.15, 0.2) is 5.13 Å². The molecule has 4 aromatic rings. The fourth-order valence-electron chi connectivity index (χ4n) is 2.32. The van der Waals surface area contributed by atoms with Crippen LogP contribution >= 0.6 is 11.3 Å². The molecule has 0 aliphatic heterocycles. The molecule has 0 bridgehead atoms. The van der Waals surface area contributed by atoms with Gasteiger partial charge in [0, 0.05) is 5.56 Å². The molecule has 0 radical (unpaired) electrons. The number of amides is 1. The summed E-state index contributed by atoms with van der Waals surface area (Å²) in [7, 11) is 1.61. The van der Waals surface area contributed by atoms with Crippen LogP contribution in [0.25, 0.3) is 15.9 Å². The van der Waals surface area contributed by atoms with E-state index in [4.69, 9.17) is 4.74 Å². The van der Waals surface area contributed by atoms with E-state index >= 15 is 0 Å². The standard InChI is InChI=1S/C16H12N6O2S/c1-24-12-5-6-13-14(8-12)25-16(18-13)19-15(23)10-3-2-4-11(7-10)22-9-17-20-21-22/h2-9H,1H3,(H,18,19,23). The number of carbonyl (C=O) groups is 1. The highest BCUT2D eigenvalue weighted by molar-refractivity contribution is 7.22. The highest BCUT2D eigenvalue weighted by Crippen LogP contribution is 2.29. The zero-order chi connectivity index (χ0) is 17.2. The number of aromatic nitrogens is 5. The topological polar surface area (TPSA) is 94.8 Å². The summed E-state index contributed by atoms with van der Waals surface area (Å²) in [5, 5.41) is 14.4. The lowest BCUT2D eigenvalue weighted by Crippen LogP contribution is -2.12. The van der Waals surface area contributed by atoms with Gasteiger partial charge in [0.25, 0.3) is 5.91 Å². The number of methoxy groups -OCH3 is 1. The van der Waals surface area contributed by atoms with Crippen LogP contribution in [0.1, 0.15) is 10.4 Å². The molecule has 0 aliphatic rings. The van der Waals surface area contributed by atoms with E-state index in [1.165, 1.54) is 22.3 Å². The first-order valence-electron chi connectivity index (χ1n) is 7.32. The quantitative estimate of drug-likeness (QED) is 0.606. The normalized spacial score (nSPS) is 10.8. The van der Waals surface area contributed by atoms with E-state index in [2.05, 4.69) is 25.8 Å². The lowest BCUT2D eigenvalue weighted by atomic mass is 10.2. The third-order valence-corrected chi connectivity index (χ3v) is 4.47. The Morgan fingerprint density at radius 1 is 1.24 bits per heavy atom. The first-order valence-corrected chi connectivity index (χ1v) is 8.14. The molecule has 0 fully saturated rings. The van der Waals surface area contributed by atoms with E-state index in [9.17, 15) is 4.79 Å². The number of anilines is 1. The number of nitrogens with one attached hydrogen (secondary N) is 1. The van der Waals surface area contributed by atoms with Crippen LogP contribution in [0.5, 0.6) is 5.75 Å². The molecule has 4 rings (SSSR count). The van der Waals surface area contributed by atoms with Crippen LogP contribution in [0.3, 0.4) is 0 Å². The first kappa shape index (κ1) is 15.2. The number of fused-ring (bicyclic) bond motifs is 1. The van der Waals surface area contributed by atoms with Crippen molar-refractivity contribution in [2.45, 2.75) is 0 Å². The number of nitrogens with zero attached hydrogens (tertiary/aromatic N) is 5. The van der Waals surface area contributed by atoms with Gasteiger partial charge < -0.3 is 4.74 Å². The Bertz CT molecular complexity index is 1040. The molecule has 1 N–H and O–H groups in total. The summed E-state index contributed by atoms with van der Waals surface area (Å²) in [6.07, 6.45) is 1.47. The van der Waals surface area contributed by atoms with Crippen molar-refractivity contribution in [2.24, 2.45) is 0 Å². The number of hydrogen-bond donors (Lipinski definition) is 1. The van der Waals surface area contributed by atoms with Crippen molar-refractivity contribution < 1.29 is 9.53 Å². The number of tetrazole rings is 1. The molecular formula is C16H12N6O2S. The number of rotatable bonds is 4. The summed E-state index contributed by atoms with van der Waals surface area (Å²) < 4.78 is 7.63. The molecular weight excluding hydrogens is 340 g/mol. The lowest BCUT2D eigenvalue weighted by Gasteiger charge is -2.04. The largest absolute Gasteiger partial charge is 0.497 e. The molecule has 0 atom stereocenters. The molecule has 124 valence electrons. The van der Waals surface area contributed by atoms with Crippen molar-refractivity contribution in [3.63, 3.8) is 0 Å². The van der Waals surface area contributed by atoms with Gasteiger partial charge in [0.1, 0.15) is 12.1 Å². The van der Waals surface area contributed by atoms with E-state index in [0.29, 0.717) is 16.4 Å². The van der Waals surface area contributed by atoms with Gasteiger partial charge in [-0.25, -0.2) is 9.67 Å². The van der Waals surface area contributed by atoms with E-state index in [-0.39, 0.29) is 5.91 Å². The van der Waals surface area contributed by atoms with Crippen molar-refractivity contribution >= 4 is 32.6 Å². The average molecular weight is 352 g/mol. The molecule has 0 saturated heterocycles. The number of hydrogen-bond acceptors (Lipinski definition) is 7. The highest BCUT2D eigenvalue weighted by atomic mass is 32.1. The van der Waals surface area contributed by atoms with Crippen LogP contribution in [-0.4, -0.2) is 38.2 Å². The SMILES string of the molecule is COc1ccc2nc(NC(=O)c3cccc(-n4cnnn4)c3)sc2c1. The average Bonchev–Trinajstić information content (AvgIpc) is 3.30. The lowest BCUT2D eigenvalue weighted by molar-refractivity contribution is 0.102. The fourth-order valence-corrected chi connectivity index (χ4v) is 3.21. The highest BCUT2D eigenvalue weighted by Gasteiger charge is 2.11. The predicted molar refractivity (Wildman–Crippen MR) is 93.3 cm³/mol. The van der Waals surface area contributed by atoms with Gasteiger partial charge in [0.2, 0.25) is 0 Å². The third-order valence-electron chi connectivity index (χ3n) is 3.54. The summed E-state index contributed by atoms with van der Waals surface area (Å²) in [5.74, 6) is 0.504.